The normalized spacial score (nSPS) is 23.0. The van der Waals surface area contributed by atoms with Crippen LogP contribution in [0.15, 0.2) is 23.1 Å². The number of anilines is 1. The zero-order valence-corrected chi connectivity index (χ0v) is 8.71. The average Bonchev–Trinajstić information content (AvgIpc) is 2.14. The van der Waals surface area contributed by atoms with E-state index in [-0.39, 0.29) is 16.3 Å². The largest absolute Gasteiger partial charge is 0.508 e. The highest BCUT2D eigenvalue weighted by Crippen LogP contribution is 2.32. The molecule has 2 rings (SSSR count). The van der Waals surface area contributed by atoms with E-state index in [0.29, 0.717) is 0 Å². The van der Waals surface area contributed by atoms with Crippen LogP contribution < -0.4 is 5.32 Å². The maximum absolute atomic E-state index is 11.8. The van der Waals surface area contributed by atoms with Gasteiger partial charge in [-0.25, -0.2) is 8.42 Å². The maximum Gasteiger partial charge on any atom is 0.242 e. The molecule has 15 heavy (non-hydrogen) atoms. The van der Waals surface area contributed by atoms with Crippen LogP contribution in [0.4, 0.5) is 5.69 Å². The Morgan fingerprint density at radius 2 is 2.07 bits per heavy atom. The standard InChI is InChI=1S/C9H9NO4S/c1-5-9(12)10-7-4-6(11)2-3-8(7)15(5,13)14/h2-5,11H,1H3,(H,10,12). The first kappa shape index (κ1) is 9.97. The Morgan fingerprint density at radius 3 is 2.73 bits per heavy atom. The molecule has 1 aromatic rings. The van der Waals surface area contributed by atoms with Gasteiger partial charge in [-0.3, -0.25) is 4.79 Å². The second-order valence-corrected chi connectivity index (χ2v) is 5.59. The molecule has 0 saturated heterocycles. The van der Waals surface area contributed by atoms with Gasteiger partial charge in [0.05, 0.1) is 10.6 Å². The molecule has 0 bridgehead atoms. The van der Waals surface area contributed by atoms with Crippen LogP contribution in [0.5, 0.6) is 5.75 Å². The van der Waals surface area contributed by atoms with Crippen molar-refractivity contribution in [1.29, 1.82) is 0 Å². The first-order valence-electron chi connectivity index (χ1n) is 4.30. The molecule has 0 aliphatic carbocycles. The van der Waals surface area contributed by atoms with Gasteiger partial charge in [0.15, 0.2) is 9.84 Å². The van der Waals surface area contributed by atoms with Crippen molar-refractivity contribution in [3.05, 3.63) is 18.2 Å². The number of carbonyl (C=O) groups excluding carboxylic acids is 1. The SMILES string of the molecule is CC1C(=O)Nc2cc(O)ccc2S1(=O)=O. The first-order valence-corrected chi connectivity index (χ1v) is 5.85. The number of fused-ring (bicyclic) bond motifs is 1. The number of benzene rings is 1. The number of sulfone groups is 1. The summed E-state index contributed by atoms with van der Waals surface area (Å²) in [4.78, 5) is 11.4. The van der Waals surface area contributed by atoms with E-state index in [1.165, 1.54) is 25.1 Å². The fourth-order valence-corrected chi connectivity index (χ4v) is 2.83. The summed E-state index contributed by atoms with van der Waals surface area (Å²) < 4.78 is 23.6. The molecule has 0 radical (unpaired) electrons. The van der Waals surface area contributed by atoms with Gasteiger partial charge in [0, 0.05) is 6.07 Å². The molecule has 1 aliphatic rings. The molecule has 80 valence electrons. The molecular weight excluding hydrogens is 218 g/mol. The summed E-state index contributed by atoms with van der Waals surface area (Å²) >= 11 is 0. The molecule has 1 unspecified atom stereocenters. The molecule has 0 aromatic heterocycles. The Labute approximate surface area is 86.7 Å². The minimum atomic E-state index is -3.61. The van der Waals surface area contributed by atoms with Crippen molar-refractivity contribution in [3.63, 3.8) is 0 Å². The lowest BCUT2D eigenvalue weighted by Crippen LogP contribution is -2.37. The lowest BCUT2D eigenvalue weighted by atomic mass is 10.3. The molecule has 1 aliphatic heterocycles. The van der Waals surface area contributed by atoms with Crippen LogP contribution in [0.25, 0.3) is 0 Å². The second kappa shape index (κ2) is 2.96. The van der Waals surface area contributed by atoms with E-state index in [9.17, 15) is 13.2 Å². The van der Waals surface area contributed by atoms with Gasteiger partial charge in [-0.1, -0.05) is 0 Å². The van der Waals surface area contributed by atoms with Crippen molar-refractivity contribution in [2.75, 3.05) is 5.32 Å². The van der Waals surface area contributed by atoms with Gasteiger partial charge in [-0.05, 0) is 19.1 Å². The van der Waals surface area contributed by atoms with E-state index in [0.717, 1.165) is 0 Å². The summed E-state index contributed by atoms with van der Waals surface area (Å²) in [6, 6.07) is 3.78. The number of phenolic OH excluding ortho intramolecular Hbond substituents is 1. The van der Waals surface area contributed by atoms with Gasteiger partial charge in [-0.15, -0.1) is 0 Å². The van der Waals surface area contributed by atoms with Crippen LogP contribution >= 0.6 is 0 Å². The lowest BCUT2D eigenvalue weighted by molar-refractivity contribution is -0.115. The van der Waals surface area contributed by atoms with Crippen LogP contribution in [0.1, 0.15) is 6.92 Å². The van der Waals surface area contributed by atoms with E-state index in [1.54, 1.807) is 0 Å². The highest BCUT2D eigenvalue weighted by atomic mass is 32.2. The van der Waals surface area contributed by atoms with Gasteiger partial charge < -0.3 is 10.4 Å². The number of phenols is 1. The summed E-state index contributed by atoms with van der Waals surface area (Å²) in [5, 5.41) is 10.5. The maximum atomic E-state index is 11.8. The van der Waals surface area contributed by atoms with E-state index >= 15 is 0 Å². The lowest BCUT2D eigenvalue weighted by Gasteiger charge is -2.21. The molecule has 0 fully saturated rings. The number of aromatic hydroxyl groups is 1. The van der Waals surface area contributed by atoms with Gasteiger partial charge in [0.1, 0.15) is 11.0 Å². The van der Waals surface area contributed by atoms with E-state index in [4.69, 9.17) is 5.11 Å². The molecule has 5 nitrogen and oxygen atoms in total. The molecule has 0 saturated carbocycles. The number of hydrogen-bond acceptors (Lipinski definition) is 4. The monoisotopic (exact) mass is 227 g/mol. The summed E-state index contributed by atoms with van der Waals surface area (Å²) in [5.41, 5.74) is 0.137. The number of carbonyl (C=O) groups is 1. The molecule has 1 amide bonds. The van der Waals surface area contributed by atoms with Crippen molar-refractivity contribution < 1.29 is 18.3 Å². The number of rotatable bonds is 0. The molecule has 1 heterocycles. The number of nitrogens with one attached hydrogen (secondary N) is 1. The van der Waals surface area contributed by atoms with Crippen LogP contribution in [-0.4, -0.2) is 24.7 Å². The molecule has 2 N–H and O–H groups in total. The second-order valence-electron chi connectivity index (χ2n) is 3.36. The van der Waals surface area contributed by atoms with Crippen molar-refractivity contribution in [3.8, 4) is 5.75 Å². The number of amides is 1. The van der Waals surface area contributed by atoms with Crippen molar-refractivity contribution in [2.24, 2.45) is 0 Å². The summed E-state index contributed by atoms with van der Waals surface area (Å²) in [6.07, 6.45) is 0. The highest BCUT2D eigenvalue weighted by molar-refractivity contribution is 7.93. The fraction of sp³-hybridized carbons (Fsp3) is 0.222. The smallest absolute Gasteiger partial charge is 0.242 e. The first-order chi connectivity index (χ1) is 6.93. The Hall–Kier alpha value is -1.56. The van der Waals surface area contributed by atoms with Crippen molar-refractivity contribution in [1.82, 2.24) is 0 Å². The third-order valence-corrected chi connectivity index (χ3v) is 4.48. The highest BCUT2D eigenvalue weighted by Gasteiger charge is 2.36. The fourth-order valence-electron chi connectivity index (χ4n) is 1.43. The van der Waals surface area contributed by atoms with E-state index in [1.807, 2.05) is 0 Å². The van der Waals surface area contributed by atoms with Crippen molar-refractivity contribution >= 4 is 21.4 Å². The van der Waals surface area contributed by atoms with Crippen LogP contribution in [0.3, 0.4) is 0 Å². The zero-order valence-electron chi connectivity index (χ0n) is 7.89. The summed E-state index contributed by atoms with van der Waals surface area (Å²) in [5.74, 6) is -0.660. The van der Waals surface area contributed by atoms with Crippen molar-refractivity contribution in [2.45, 2.75) is 17.1 Å². The molecular formula is C9H9NO4S. The minimum absolute atomic E-state index is 0.0485. The van der Waals surface area contributed by atoms with Crippen LogP contribution in [-0.2, 0) is 14.6 Å². The Kier molecular flexibility index (Phi) is 1.97. The van der Waals surface area contributed by atoms with E-state index < -0.39 is 21.0 Å². The molecule has 6 heteroatoms. The molecule has 0 spiro atoms. The predicted octanol–water partition coefficient (Wildman–Crippen LogP) is 0.506. The van der Waals surface area contributed by atoms with Gasteiger partial charge in [0.2, 0.25) is 5.91 Å². The van der Waals surface area contributed by atoms with Gasteiger partial charge >= 0.3 is 0 Å². The Morgan fingerprint density at radius 1 is 1.40 bits per heavy atom. The van der Waals surface area contributed by atoms with Crippen LogP contribution in [0, 0.1) is 0 Å². The van der Waals surface area contributed by atoms with Crippen LogP contribution in [0.2, 0.25) is 0 Å². The summed E-state index contributed by atoms with van der Waals surface area (Å²) in [6.45, 7) is 1.33. The molecule has 1 aromatic carbocycles. The third-order valence-electron chi connectivity index (χ3n) is 2.36. The van der Waals surface area contributed by atoms with E-state index in [2.05, 4.69) is 5.32 Å². The number of hydrogen-bond donors (Lipinski definition) is 2. The third kappa shape index (κ3) is 1.37. The Balaban J connectivity index is 2.72. The Bertz CT molecular complexity index is 535. The quantitative estimate of drug-likeness (QED) is 0.676. The summed E-state index contributed by atoms with van der Waals surface area (Å²) in [7, 11) is -3.61. The minimum Gasteiger partial charge on any atom is -0.508 e. The average molecular weight is 227 g/mol. The van der Waals surface area contributed by atoms with Gasteiger partial charge in [0.25, 0.3) is 0 Å². The molecule has 1 atom stereocenters. The van der Waals surface area contributed by atoms with Gasteiger partial charge in [-0.2, -0.15) is 0 Å². The predicted molar refractivity (Wildman–Crippen MR) is 53.4 cm³/mol. The zero-order chi connectivity index (χ0) is 11.2. The topological polar surface area (TPSA) is 83.5 Å².